The average molecular weight is 390 g/mol. The molecule has 0 bridgehead atoms. The number of nitrogens with zero attached hydrogens (tertiary/aromatic N) is 1. The van der Waals surface area contributed by atoms with Gasteiger partial charge in [0.2, 0.25) is 0 Å². The van der Waals surface area contributed by atoms with Gasteiger partial charge in [0.05, 0.1) is 11.1 Å². The molecule has 0 N–H and O–H groups in total. The second-order valence-corrected chi connectivity index (χ2v) is 5.81. The molecule has 11 heteroatoms. The lowest BCUT2D eigenvalue weighted by atomic mass is 9.92. The van der Waals surface area contributed by atoms with E-state index < -0.39 is 52.5 Å². The summed E-state index contributed by atoms with van der Waals surface area (Å²) in [5.41, 5.74) is -3.50. The maximum Gasteiger partial charge on any atom is 0.418 e. The van der Waals surface area contributed by atoms with Crippen LogP contribution >= 0.6 is 11.6 Å². The second kappa shape index (κ2) is 6.40. The molecule has 1 saturated heterocycles. The van der Waals surface area contributed by atoms with Crippen LogP contribution in [0.3, 0.4) is 0 Å². The molecule has 25 heavy (non-hydrogen) atoms. The SMILES string of the molecule is CC1CN(C(=O)Cl)C(=O)OC1c1cc(C(F)(F)F)cc(C(F)(F)F)c1. The summed E-state index contributed by atoms with van der Waals surface area (Å²) < 4.78 is 82.2. The molecule has 2 rings (SSSR count). The molecular formula is C14H10ClF6NO3. The summed E-state index contributed by atoms with van der Waals surface area (Å²) in [6, 6.07) is 0.955. The van der Waals surface area contributed by atoms with Crippen LogP contribution in [0.4, 0.5) is 35.9 Å². The van der Waals surface area contributed by atoms with Crippen LogP contribution in [0, 0.1) is 5.92 Å². The fourth-order valence-electron chi connectivity index (χ4n) is 2.43. The molecule has 1 heterocycles. The minimum Gasteiger partial charge on any atom is -0.441 e. The molecule has 2 amide bonds. The van der Waals surface area contributed by atoms with Gasteiger partial charge in [0.1, 0.15) is 6.10 Å². The lowest BCUT2D eigenvalue weighted by Crippen LogP contribution is -2.44. The molecule has 1 aromatic rings. The number of carbonyl (C=O) groups excluding carboxylic acids is 2. The Morgan fingerprint density at radius 2 is 1.60 bits per heavy atom. The van der Waals surface area contributed by atoms with Gasteiger partial charge in [-0.15, -0.1) is 0 Å². The minimum absolute atomic E-state index is 0.0204. The summed E-state index contributed by atoms with van der Waals surface area (Å²) in [6.07, 6.45) is -12.7. The molecule has 1 aliphatic heterocycles. The van der Waals surface area contributed by atoms with E-state index in [4.69, 9.17) is 16.3 Å². The van der Waals surface area contributed by atoms with E-state index in [0.29, 0.717) is 17.0 Å². The smallest absolute Gasteiger partial charge is 0.418 e. The summed E-state index contributed by atoms with van der Waals surface area (Å²) in [5.74, 6) is -0.773. The Kier molecular flexibility index (Phi) is 4.95. The van der Waals surface area contributed by atoms with Crippen molar-refractivity contribution in [3.63, 3.8) is 0 Å². The predicted octanol–water partition coefficient (Wildman–Crippen LogP) is 5.21. The number of ether oxygens (including phenoxy) is 1. The molecule has 2 unspecified atom stereocenters. The van der Waals surface area contributed by atoms with E-state index in [1.54, 1.807) is 0 Å². The molecule has 1 aliphatic rings. The van der Waals surface area contributed by atoms with Crippen molar-refractivity contribution in [3.05, 3.63) is 34.9 Å². The molecule has 1 fully saturated rings. The maximum atomic E-state index is 12.9. The summed E-state index contributed by atoms with van der Waals surface area (Å²) in [7, 11) is 0. The van der Waals surface area contributed by atoms with Gasteiger partial charge >= 0.3 is 23.8 Å². The van der Waals surface area contributed by atoms with Crippen LogP contribution in [0.5, 0.6) is 0 Å². The van der Waals surface area contributed by atoms with Crippen LogP contribution in [0.25, 0.3) is 0 Å². The van der Waals surface area contributed by atoms with Crippen molar-refractivity contribution in [3.8, 4) is 0 Å². The van der Waals surface area contributed by atoms with Crippen molar-refractivity contribution in [2.24, 2.45) is 5.92 Å². The lowest BCUT2D eigenvalue weighted by molar-refractivity contribution is -0.143. The molecule has 4 nitrogen and oxygen atoms in total. The topological polar surface area (TPSA) is 46.6 Å². The van der Waals surface area contributed by atoms with Gasteiger partial charge in [-0.2, -0.15) is 26.3 Å². The highest BCUT2D eigenvalue weighted by molar-refractivity contribution is 6.63. The Balaban J connectivity index is 2.48. The normalized spacial score (nSPS) is 21.9. The largest absolute Gasteiger partial charge is 0.441 e. The van der Waals surface area contributed by atoms with E-state index in [0.717, 1.165) is 0 Å². The van der Waals surface area contributed by atoms with Crippen LogP contribution in [0.1, 0.15) is 29.7 Å². The lowest BCUT2D eigenvalue weighted by Gasteiger charge is -2.34. The monoisotopic (exact) mass is 389 g/mol. The number of carbonyl (C=O) groups is 2. The third-order valence-electron chi connectivity index (χ3n) is 3.59. The fraction of sp³-hybridized carbons (Fsp3) is 0.429. The predicted molar refractivity (Wildman–Crippen MR) is 72.8 cm³/mol. The molecule has 0 aliphatic carbocycles. The van der Waals surface area contributed by atoms with E-state index in [9.17, 15) is 35.9 Å². The van der Waals surface area contributed by atoms with Gasteiger partial charge in [-0.1, -0.05) is 6.92 Å². The first-order valence-corrected chi connectivity index (χ1v) is 7.15. The summed E-state index contributed by atoms with van der Waals surface area (Å²) in [5, 5.41) is -1.16. The number of cyclic esters (lactones) is 1. The zero-order valence-electron chi connectivity index (χ0n) is 12.4. The zero-order chi connectivity index (χ0) is 19.2. The average Bonchev–Trinajstić information content (AvgIpc) is 2.46. The van der Waals surface area contributed by atoms with Crippen LogP contribution in [-0.2, 0) is 17.1 Å². The van der Waals surface area contributed by atoms with E-state index in [1.165, 1.54) is 6.92 Å². The van der Waals surface area contributed by atoms with Gasteiger partial charge in [0.15, 0.2) is 0 Å². The van der Waals surface area contributed by atoms with E-state index in [1.807, 2.05) is 0 Å². The van der Waals surface area contributed by atoms with Gasteiger partial charge in [0, 0.05) is 12.5 Å². The first-order chi connectivity index (χ1) is 11.3. The molecule has 0 aromatic heterocycles. The third kappa shape index (κ3) is 4.17. The van der Waals surface area contributed by atoms with Crippen LogP contribution in [0.2, 0.25) is 0 Å². The van der Waals surface area contributed by atoms with E-state index >= 15 is 0 Å². The third-order valence-corrected chi connectivity index (χ3v) is 3.79. The van der Waals surface area contributed by atoms with E-state index in [-0.39, 0.29) is 12.6 Å². The number of halogens is 7. The fourth-order valence-corrected chi connectivity index (χ4v) is 2.57. The molecule has 0 saturated carbocycles. The van der Waals surface area contributed by atoms with Gasteiger partial charge in [-0.05, 0) is 35.4 Å². The van der Waals surface area contributed by atoms with Crippen molar-refractivity contribution < 1.29 is 40.7 Å². The number of amides is 2. The number of hydrogen-bond donors (Lipinski definition) is 0. The number of hydrogen-bond acceptors (Lipinski definition) is 3. The highest BCUT2D eigenvalue weighted by Gasteiger charge is 2.41. The maximum absolute atomic E-state index is 12.9. The highest BCUT2D eigenvalue weighted by atomic mass is 35.5. The van der Waals surface area contributed by atoms with Crippen molar-refractivity contribution in [2.75, 3.05) is 6.54 Å². The van der Waals surface area contributed by atoms with Gasteiger partial charge < -0.3 is 4.74 Å². The Labute approximate surface area is 142 Å². The Bertz CT molecular complexity index is 671. The first-order valence-electron chi connectivity index (χ1n) is 6.77. The van der Waals surface area contributed by atoms with Gasteiger partial charge in [-0.25, -0.2) is 9.69 Å². The van der Waals surface area contributed by atoms with E-state index in [2.05, 4.69) is 0 Å². The Morgan fingerprint density at radius 3 is 2.00 bits per heavy atom. The molecule has 2 atom stereocenters. The Hall–Kier alpha value is -1.97. The molecular weight excluding hydrogens is 380 g/mol. The number of imide groups is 1. The molecule has 1 aromatic carbocycles. The molecule has 0 radical (unpaired) electrons. The van der Waals surface area contributed by atoms with Gasteiger partial charge in [-0.3, -0.25) is 4.79 Å². The van der Waals surface area contributed by atoms with Crippen molar-refractivity contribution in [2.45, 2.75) is 25.4 Å². The minimum atomic E-state index is -5.02. The van der Waals surface area contributed by atoms with Gasteiger partial charge in [0.25, 0.3) is 0 Å². The highest BCUT2D eigenvalue weighted by Crippen LogP contribution is 2.40. The number of benzene rings is 1. The number of rotatable bonds is 1. The summed E-state index contributed by atoms with van der Waals surface area (Å²) in [4.78, 5) is 23.2. The van der Waals surface area contributed by atoms with Crippen LogP contribution in [-0.4, -0.2) is 22.9 Å². The van der Waals surface area contributed by atoms with Crippen molar-refractivity contribution in [1.29, 1.82) is 0 Å². The molecule has 138 valence electrons. The summed E-state index contributed by atoms with van der Waals surface area (Å²) >= 11 is 5.17. The van der Waals surface area contributed by atoms with Crippen LogP contribution in [0.15, 0.2) is 18.2 Å². The quantitative estimate of drug-likeness (QED) is 0.376. The molecule has 0 spiro atoms. The zero-order valence-corrected chi connectivity index (χ0v) is 13.2. The van der Waals surface area contributed by atoms with Crippen molar-refractivity contribution >= 4 is 23.1 Å². The first kappa shape index (κ1) is 19.4. The van der Waals surface area contributed by atoms with Crippen molar-refractivity contribution in [1.82, 2.24) is 4.90 Å². The standard InChI is InChI=1S/C14H10ClF6NO3/c1-6-5-22(11(15)23)12(24)25-10(6)7-2-8(13(16,17)18)4-9(3-7)14(19,20)21/h2-4,6,10H,5H2,1H3. The summed E-state index contributed by atoms with van der Waals surface area (Å²) in [6.45, 7) is 1.10. The van der Waals surface area contributed by atoms with Crippen LogP contribution < -0.4 is 0 Å². The Morgan fingerprint density at radius 1 is 1.12 bits per heavy atom. The number of alkyl halides is 6. The second-order valence-electron chi connectivity index (χ2n) is 5.48.